The Hall–Kier alpha value is 0.690. The van der Waals surface area contributed by atoms with Crippen molar-refractivity contribution in [2.24, 2.45) is 0 Å². The molecule has 1 fully saturated rings. The van der Waals surface area contributed by atoms with E-state index in [-0.39, 0.29) is 33.7 Å². The predicted octanol–water partition coefficient (Wildman–Crippen LogP) is 0.369. The molecule has 0 atom stereocenters. The zero-order chi connectivity index (χ0) is 4.41. The largest absolute Gasteiger partial charge is 0.110 e. The number of hydrogen-bond donors (Lipinski definition) is 0. The van der Waals surface area contributed by atoms with Gasteiger partial charge in [0.25, 0.3) is 0 Å². The molecule has 0 nitrogen and oxygen atoms in total. The van der Waals surface area contributed by atoms with Gasteiger partial charge in [-0.25, -0.2) is 0 Å². The minimum absolute atomic E-state index is 0. The first-order valence-corrected chi connectivity index (χ1v) is 4.74. The molecule has 1 heterocycles. The Morgan fingerprint density at radius 1 is 0.800 bits per heavy atom. The summed E-state index contributed by atoms with van der Waals surface area (Å²) in [5.74, 6) is 0. The first-order chi connectivity index (χ1) is 2.89. The van der Waals surface area contributed by atoms with Crippen LogP contribution in [0.15, 0.2) is 0 Å². The molecular formula is C5H11B4P. The molecular weight excluding hydrogens is 134 g/mol. The molecule has 0 spiro atoms. The second-order valence-corrected chi connectivity index (χ2v) is 4.62. The topological polar surface area (TPSA) is 0 Å². The van der Waals surface area contributed by atoms with Crippen molar-refractivity contribution in [1.29, 1.82) is 0 Å². The molecule has 48 valence electrons. The van der Waals surface area contributed by atoms with Gasteiger partial charge in [0.05, 0.1) is 0 Å². The second-order valence-electron chi connectivity index (χ2n) is 2.01. The van der Waals surface area contributed by atoms with E-state index in [9.17, 15) is 0 Å². The van der Waals surface area contributed by atoms with Crippen LogP contribution in [0.3, 0.4) is 0 Å². The molecule has 0 aromatic rings. The second kappa shape index (κ2) is 12.4. The van der Waals surface area contributed by atoms with E-state index in [1.54, 1.807) is 12.3 Å². The molecule has 0 N–H and O–H groups in total. The van der Waals surface area contributed by atoms with Crippen LogP contribution in [0.1, 0.15) is 12.8 Å². The van der Waals surface area contributed by atoms with E-state index < -0.39 is 0 Å². The van der Waals surface area contributed by atoms with E-state index in [4.69, 9.17) is 0 Å². The molecule has 12 radical (unpaired) electrons. The Morgan fingerprint density at radius 2 is 1.10 bits per heavy atom. The SMILES string of the molecule is CP1CCCC1.[B].[B].[B].[B]. The van der Waals surface area contributed by atoms with Crippen molar-refractivity contribution in [2.45, 2.75) is 12.8 Å². The standard InChI is InChI=1S/C5H11P.4B/c1-6-4-2-3-5-6;;;;/h2-5H2,1H3;;;;. The van der Waals surface area contributed by atoms with Crippen LogP contribution >= 0.6 is 7.92 Å². The van der Waals surface area contributed by atoms with Crippen LogP contribution in [0.4, 0.5) is 0 Å². The third kappa shape index (κ3) is 8.69. The van der Waals surface area contributed by atoms with Crippen molar-refractivity contribution in [2.75, 3.05) is 19.0 Å². The highest BCUT2D eigenvalue weighted by molar-refractivity contribution is 7.57. The quantitative estimate of drug-likeness (QED) is 0.341. The van der Waals surface area contributed by atoms with E-state index in [1.165, 1.54) is 12.8 Å². The summed E-state index contributed by atoms with van der Waals surface area (Å²) in [4.78, 5) is 0. The van der Waals surface area contributed by atoms with Crippen molar-refractivity contribution in [3.63, 3.8) is 0 Å². The first-order valence-electron chi connectivity index (χ1n) is 2.58. The molecule has 0 saturated carbocycles. The van der Waals surface area contributed by atoms with Gasteiger partial charge in [-0.1, -0.05) is 0 Å². The van der Waals surface area contributed by atoms with Crippen LogP contribution in [-0.2, 0) is 0 Å². The van der Waals surface area contributed by atoms with Crippen LogP contribution in [0, 0.1) is 0 Å². The summed E-state index contributed by atoms with van der Waals surface area (Å²) < 4.78 is 0. The zero-order valence-electron chi connectivity index (χ0n) is 6.59. The lowest BCUT2D eigenvalue weighted by Crippen LogP contribution is -1.65. The summed E-state index contributed by atoms with van der Waals surface area (Å²) in [7, 11) is 0.535. The van der Waals surface area contributed by atoms with Gasteiger partial charge in [0.1, 0.15) is 0 Å². The normalized spacial score (nSPS) is 15.3. The summed E-state index contributed by atoms with van der Waals surface area (Å²) in [5, 5.41) is 0. The molecule has 1 aliphatic heterocycles. The highest BCUT2D eigenvalue weighted by atomic mass is 31.1. The Balaban J connectivity index is -0.0000000450. The van der Waals surface area contributed by atoms with Gasteiger partial charge < -0.3 is 0 Å². The Labute approximate surface area is 74.0 Å². The van der Waals surface area contributed by atoms with Crippen LogP contribution in [0.5, 0.6) is 0 Å². The van der Waals surface area contributed by atoms with Crippen molar-refractivity contribution in [1.82, 2.24) is 0 Å². The summed E-state index contributed by atoms with van der Waals surface area (Å²) in [6.07, 6.45) is 6.13. The summed E-state index contributed by atoms with van der Waals surface area (Å²) in [6.45, 7) is 2.41. The zero-order valence-corrected chi connectivity index (χ0v) is 7.48. The van der Waals surface area contributed by atoms with Gasteiger partial charge in [0, 0.05) is 33.7 Å². The average Bonchev–Trinajstić information content (AvgIpc) is 1.86. The fraction of sp³-hybridized carbons (Fsp3) is 1.00. The highest BCUT2D eigenvalue weighted by Gasteiger charge is 2.06. The van der Waals surface area contributed by atoms with Crippen molar-refractivity contribution in [3.8, 4) is 0 Å². The minimum atomic E-state index is 0. The maximum Gasteiger partial charge on any atom is 0 e. The fourth-order valence-electron chi connectivity index (χ4n) is 0.875. The van der Waals surface area contributed by atoms with Gasteiger partial charge in [0.15, 0.2) is 0 Å². The summed E-state index contributed by atoms with van der Waals surface area (Å²) in [5.41, 5.74) is 0. The van der Waals surface area contributed by atoms with Crippen LogP contribution < -0.4 is 0 Å². The molecule has 1 rings (SSSR count). The third-order valence-corrected chi connectivity index (χ3v) is 3.49. The summed E-state index contributed by atoms with van der Waals surface area (Å²) in [6, 6.07) is 0. The van der Waals surface area contributed by atoms with E-state index in [0.717, 1.165) is 0 Å². The van der Waals surface area contributed by atoms with Gasteiger partial charge in [0.2, 0.25) is 0 Å². The molecule has 0 aromatic carbocycles. The van der Waals surface area contributed by atoms with E-state index in [2.05, 4.69) is 6.66 Å². The molecule has 1 aliphatic rings. The van der Waals surface area contributed by atoms with Gasteiger partial charge >= 0.3 is 0 Å². The van der Waals surface area contributed by atoms with Crippen molar-refractivity contribution >= 4 is 41.6 Å². The Bertz CT molecular complexity index is 46.9. The molecule has 0 aliphatic carbocycles. The van der Waals surface area contributed by atoms with Gasteiger partial charge in [-0.2, -0.15) is 0 Å². The average molecular weight is 145 g/mol. The van der Waals surface area contributed by atoms with Gasteiger partial charge in [-0.15, -0.1) is 7.92 Å². The van der Waals surface area contributed by atoms with Crippen molar-refractivity contribution < 1.29 is 0 Å². The summed E-state index contributed by atoms with van der Waals surface area (Å²) >= 11 is 0. The van der Waals surface area contributed by atoms with Gasteiger partial charge in [-0.3, -0.25) is 0 Å². The lowest BCUT2D eigenvalue weighted by molar-refractivity contribution is 0.949. The van der Waals surface area contributed by atoms with Crippen LogP contribution in [0.25, 0.3) is 0 Å². The van der Waals surface area contributed by atoms with E-state index >= 15 is 0 Å². The van der Waals surface area contributed by atoms with Crippen LogP contribution in [0.2, 0.25) is 0 Å². The van der Waals surface area contributed by atoms with Crippen molar-refractivity contribution in [3.05, 3.63) is 0 Å². The monoisotopic (exact) mass is 146 g/mol. The molecule has 1 saturated heterocycles. The van der Waals surface area contributed by atoms with Crippen LogP contribution in [-0.4, -0.2) is 52.6 Å². The molecule has 0 bridgehead atoms. The Morgan fingerprint density at radius 3 is 1.20 bits per heavy atom. The lowest BCUT2D eigenvalue weighted by Gasteiger charge is -1.93. The highest BCUT2D eigenvalue weighted by Crippen LogP contribution is 2.38. The van der Waals surface area contributed by atoms with E-state index in [0.29, 0.717) is 7.92 Å². The van der Waals surface area contributed by atoms with Gasteiger partial charge in [-0.05, 0) is 31.8 Å². The predicted molar refractivity (Wildman–Crippen MR) is 54.8 cm³/mol. The van der Waals surface area contributed by atoms with E-state index in [1.807, 2.05) is 0 Å². The molecule has 10 heavy (non-hydrogen) atoms. The number of hydrogen-bond acceptors (Lipinski definition) is 0. The maximum atomic E-state index is 2.41. The molecule has 5 heteroatoms. The molecule has 0 aromatic heterocycles. The smallest absolute Gasteiger partial charge is 0 e. The minimum Gasteiger partial charge on any atom is -0.110 e. The maximum absolute atomic E-state index is 2.41. The molecule has 0 unspecified atom stereocenters. The Kier molecular flexibility index (Phi) is 27.8. The fourth-order valence-corrected chi connectivity index (χ4v) is 2.63. The molecule has 0 amide bonds. The number of rotatable bonds is 0. The lowest BCUT2D eigenvalue weighted by atomic mass is 10.4. The third-order valence-electron chi connectivity index (χ3n) is 1.33. The first kappa shape index (κ1) is 22.4.